The summed E-state index contributed by atoms with van der Waals surface area (Å²) >= 11 is 19.2. The molecule has 0 aliphatic heterocycles. The van der Waals surface area contributed by atoms with E-state index in [4.69, 9.17) is 34.8 Å². The third-order valence-electron chi connectivity index (χ3n) is 4.40. The number of benzene rings is 2. The summed E-state index contributed by atoms with van der Waals surface area (Å²) < 4.78 is 1.85. The zero-order valence-corrected chi connectivity index (χ0v) is 20.4. The van der Waals surface area contributed by atoms with Crippen molar-refractivity contribution in [3.8, 4) is 0 Å². The van der Waals surface area contributed by atoms with Crippen molar-refractivity contribution in [2.75, 3.05) is 17.6 Å². The topological polar surface area (TPSA) is 88.9 Å². The molecule has 0 aliphatic carbocycles. The van der Waals surface area contributed by atoms with Crippen LogP contribution in [0.2, 0.25) is 15.1 Å². The van der Waals surface area contributed by atoms with Gasteiger partial charge in [-0.2, -0.15) is 0 Å². The van der Waals surface area contributed by atoms with E-state index in [0.29, 0.717) is 56.8 Å². The van der Waals surface area contributed by atoms with E-state index < -0.39 is 0 Å². The van der Waals surface area contributed by atoms with Gasteiger partial charge in [0, 0.05) is 25.1 Å². The van der Waals surface area contributed by atoms with Crippen molar-refractivity contribution in [2.45, 2.75) is 18.1 Å². The van der Waals surface area contributed by atoms with Gasteiger partial charge in [-0.15, -0.1) is 16.8 Å². The maximum absolute atomic E-state index is 12.3. The van der Waals surface area contributed by atoms with Crippen molar-refractivity contribution in [1.82, 2.24) is 20.1 Å². The fourth-order valence-corrected chi connectivity index (χ4v) is 4.08. The smallest absolute Gasteiger partial charge is 0.251 e. The molecule has 2 aromatic carbocycles. The second-order valence-electron chi connectivity index (χ2n) is 6.75. The number of thioether (sulfide) groups is 1. The number of carbonyl (C=O) groups excluding carboxylic acids is 2. The standard InChI is InChI=1S/C22H20Cl3N5O2S/c1-2-11-30-19(9-10-26-21(32)14-7-8-15(23)17(25)12-14)28-29-22(30)33-13-20(31)27-18-6-4-3-5-16(18)24/h2-8,12H,1,9-11,13H2,(H,26,32)(H,27,31). The van der Waals surface area contributed by atoms with E-state index in [-0.39, 0.29) is 17.6 Å². The van der Waals surface area contributed by atoms with Crippen LogP contribution in [0.1, 0.15) is 16.2 Å². The van der Waals surface area contributed by atoms with Gasteiger partial charge < -0.3 is 15.2 Å². The summed E-state index contributed by atoms with van der Waals surface area (Å²) in [4.78, 5) is 24.6. The Morgan fingerprint density at radius 3 is 2.58 bits per heavy atom. The molecule has 33 heavy (non-hydrogen) atoms. The van der Waals surface area contributed by atoms with Crippen LogP contribution in [0, 0.1) is 0 Å². The maximum atomic E-state index is 12.3. The highest BCUT2D eigenvalue weighted by atomic mass is 35.5. The summed E-state index contributed by atoms with van der Waals surface area (Å²) in [7, 11) is 0. The first-order valence-corrected chi connectivity index (χ1v) is 11.9. The molecule has 0 radical (unpaired) electrons. The highest BCUT2D eigenvalue weighted by molar-refractivity contribution is 7.99. The van der Waals surface area contributed by atoms with E-state index >= 15 is 0 Å². The summed E-state index contributed by atoms with van der Waals surface area (Å²) in [5.74, 6) is 0.318. The number of anilines is 1. The van der Waals surface area contributed by atoms with Crippen LogP contribution in [0.3, 0.4) is 0 Å². The fraction of sp³-hybridized carbons (Fsp3) is 0.182. The van der Waals surface area contributed by atoms with Crippen LogP contribution in [-0.2, 0) is 17.8 Å². The van der Waals surface area contributed by atoms with Crippen LogP contribution >= 0.6 is 46.6 Å². The molecule has 2 N–H and O–H groups in total. The SMILES string of the molecule is C=CCn1c(CCNC(=O)c2ccc(Cl)c(Cl)c2)nnc1SCC(=O)Nc1ccccc1Cl. The number of hydrogen-bond donors (Lipinski definition) is 2. The molecule has 0 aliphatic rings. The van der Waals surface area contributed by atoms with E-state index in [9.17, 15) is 9.59 Å². The molecule has 3 rings (SSSR count). The molecular weight excluding hydrogens is 505 g/mol. The van der Waals surface area contributed by atoms with Crippen LogP contribution in [0.4, 0.5) is 5.69 Å². The number of allylic oxidation sites excluding steroid dienone is 1. The van der Waals surface area contributed by atoms with Gasteiger partial charge in [-0.3, -0.25) is 9.59 Å². The summed E-state index contributed by atoms with van der Waals surface area (Å²) in [6.07, 6.45) is 2.16. The van der Waals surface area contributed by atoms with E-state index in [1.54, 1.807) is 42.5 Å². The summed E-state index contributed by atoms with van der Waals surface area (Å²) in [5.41, 5.74) is 0.966. The van der Waals surface area contributed by atoms with Gasteiger partial charge in [-0.25, -0.2) is 0 Å². The lowest BCUT2D eigenvalue weighted by atomic mass is 10.2. The van der Waals surface area contributed by atoms with Gasteiger partial charge in [0.2, 0.25) is 5.91 Å². The average Bonchev–Trinajstić information content (AvgIpc) is 3.17. The Morgan fingerprint density at radius 2 is 1.85 bits per heavy atom. The molecule has 0 atom stereocenters. The number of nitrogens with one attached hydrogen (secondary N) is 2. The number of hydrogen-bond acceptors (Lipinski definition) is 5. The third-order valence-corrected chi connectivity index (χ3v) is 6.44. The third kappa shape index (κ3) is 6.98. The average molecular weight is 525 g/mol. The lowest BCUT2D eigenvalue weighted by Crippen LogP contribution is -2.26. The molecule has 3 aromatic rings. The maximum Gasteiger partial charge on any atom is 0.251 e. The predicted molar refractivity (Wildman–Crippen MR) is 134 cm³/mol. The second kappa shape index (κ2) is 12.1. The number of carbonyl (C=O) groups is 2. The van der Waals surface area contributed by atoms with Crippen LogP contribution in [0.5, 0.6) is 0 Å². The van der Waals surface area contributed by atoms with Crippen LogP contribution in [0.25, 0.3) is 0 Å². The second-order valence-corrected chi connectivity index (χ2v) is 8.91. The zero-order chi connectivity index (χ0) is 23.8. The number of rotatable bonds is 10. The van der Waals surface area contributed by atoms with Crippen LogP contribution < -0.4 is 10.6 Å². The monoisotopic (exact) mass is 523 g/mol. The lowest BCUT2D eigenvalue weighted by molar-refractivity contribution is -0.113. The molecule has 0 bridgehead atoms. The van der Waals surface area contributed by atoms with Crippen molar-refractivity contribution >= 4 is 64.1 Å². The van der Waals surface area contributed by atoms with E-state index in [0.717, 1.165) is 0 Å². The van der Waals surface area contributed by atoms with Gasteiger partial charge in [-0.1, -0.05) is 64.8 Å². The number of nitrogens with zero attached hydrogens (tertiary/aromatic N) is 3. The van der Waals surface area contributed by atoms with Crippen molar-refractivity contribution in [3.05, 3.63) is 81.6 Å². The Balaban J connectivity index is 1.56. The van der Waals surface area contributed by atoms with Gasteiger partial charge in [0.15, 0.2) is 5.16 Å². The lowest BCUT2D eigenvalue weighted by Gasteiger charge is -2.09. The number of amides is 2. The van der Waals surface area contributed by atoms with Gasteiger partial charge in [0.05, 0.1) is 26.5 Å². The van der Waals surface area contributed by atoms with Crippen molar-refractivity contribution < 1.29 is 9.59 Å². The first-order chi connectivity index (χ1) is 15.9. The predicted octanol–water partition coefficient (Wildman–Crippen LogP) is 5.13. The van der Waals surface area contributed by atoms with Crippen molar-refractivity contribution in [2.24, 2.45) is 0 Å². The first kappa shape index (κ1) is 25.1. The van der Waals surface area contributed by atoms with Crippen LogP contribution in [0.15, 0.2) is 60.3 Å². The van der Waals surface area contributed by atoms with Crippen molar-refractivity contribution in [1.29, 1.82) is 0 Å². The van der Waals surface area contributed by atoms with E-state index in [1.807, 2.05) is 4.57 Å². The van der Waals surface area contributed by atoms with Gasteiger partial charge >= 0.3 is 0 Å². The Bertz CT molecular complexity index is 1170. The number of aromatic nitrogens is 3. The molecule has 2 amide bonds. The highest BCUT2D eigenvalue weighted by Crippen LogP contribution is 2.23. The molecule has 1 heterocycles. The summed E-state index contributed by atoms with van der Waals surface area (Å²) in [5, 5.41) is 15.7. The Labute approximate surface area is 210 Å². The Hall–Kier alpha value is -2.52. The molecule has 172 valence electrons. The minimum atomic E-state index is -0.269. The molecule has 0 saturated carbocycles. The first-order valence-electron chi connectivity index (χ1n) is 9.82. The minimum absolute atomic E-state index is 0.133. The summed E-state index contributed by atoms with van der Waals surface area (Å²) in [6, 6.07) is 11.7. The quantitative estimate of drug-likeness (QED) is 0.284. The largest absolute Gasteiger partial charge is 0.352 e. The highest BCUT2D eigenvalue weighted by Gasteiger charge is 2.15. The fourth-order valence-electron chi connectivity index (χ4n) is 2.83. The van der Waals surface area contributed by atoms with E-state index in [1.165, 1.54) is 17.8 Å². The molecule has 0 spiro atoms. The normalized spacial score (nSPS) is 10.6. The number of para-hydroxylation sites is 1. The minimum Gasteiger partial charge on any atom is -0.352 e. The molecular formula is C22H20Cl3N5O2S. The Kier molecular flexibility index (Phi) is 9.20. The van der Waals surface area contributed by atoms with Crippen LogP contribution in [-0.4, -0.2) is 38.9 Å². The molecule has 1 aromatic heterocycles. The summed E-state index contributed by atoms with van der Waals surface area (Å²) in [6.45, 7) is 4.58. The van der Waals surface area contributed by atoms with Gasteiger partial charge in [-0.05, 0) is 30.3 Å². The molecule has 0 saturated heterocycles. The van der Waals surface area contributed by atoms with E-state index in [2.05, 4.69) is 27.4 Å². The molecule has 0 unspecified atom stereocenters. The number of halogens is 3. The zero-order valence-electron chi connectivity index (χ0n) is 17.4. The Morgan fingerprint density at radius 1 is 1.06 bits per heavy atom. The van der Waals surface area contributed by atoms with Gasteiger partial charge in [0.1, 0.15) is 5.82 Å². The van der Waals surface area contributed by atoms with Crippen molar-refractivity contribution in [3.63, 3.8) is 0 Å². The molecule has 11 heteroatoms. The van der Waals surface area contributed by atoms with Gasteiger partial charge in [0.25, 0.3) is 5.91 Å². The molecule has 0 fully saturated rings. The molecule has 7 nitrogen and oxygen atoms in total.